The Labute approximate surface area is 210 Å². The van der Waals surface area contributed by atoms with Crippen LogP contribution in [0.3, 0.4) is 0 Å². The first-order valence-corrected chi connectivity index (χ1v) is 12.4. The van der Waals surface area contributed by atoms with E-state index in [1.807, 2.05) is 32.4 Å². The lowest BCUT2D eigenvalue weighted by Gasteiger charge is -2.49. The van der Waals surface area contributed by atoms with Crippen LogP contribution < -0.4 is 5.73 Å². The first-order chi connectivity index (χ1) is 17.1. The number of aromatic nitrogens is 4. The zero-order valence-electron chi connectivity index (χ0n) is 21.3. The molecule has 2 atom stereocenters. The second-order valence-corrected chi connectivity index (χ2v) is 11.0. The number of allylic oxidation sites excluding steroid dienone is 2. The third-order valence-corrected chi connectivity index (χ3v) is 7.54. The predicted molar refractivity (Wildman–Crippen MR) is 137 cm³/mol. The highest BCUT2D eigenvalue weighted by Crippen LogP contribution is 2.54. The molecule has 9 heteroatoms. The van der Waals surface area contributed by atoms with Crippen molar-refractivity contribution in [3.63, 3.8) is 0 Å². The van der Waals surface area contributed by atoms with Gasteiger partial charge in [-0.05, 0) is 57.9 Å². The van der Waals surface area contributed by atoms with Gasteiger partial charge in [0.05, 0.1) is 11.6 Å². The second-order valence-electron chi connectivity index (χ2n) is 11.0. The van der Waals surface area contributed by atoms with Crippen molar-refractivity contribution in [1.82, 2.24) is 24.4 Å². The summed E-state index contributed by atoms with van der Waals surface area (Å²) in [6, 6.07) is 1.47. The number of piperidine rings is 1. The Balaban J connectivity index is 1.72. The van der Waals surface area contributed by atoms with Crippen LogP contribution in [0.25, 0.3) is 22.2 Å². The molecular weight excluding hydrogens is 459 g/mol. The number of hydrogen-bond acceptors (Lipinski definition) is 6. The summed E-state index contributed by atoms with van der Waals surface area (Å²) in [5.41, 5.74) is 8.77. The molecular formula is C27H33FN6O2. The van der Waals surface area contributed by atoms with Crippen LogP contribution in [0.2, 0.25) is 0 Å². The van der Waals surface area contributed by atoms with E-state index in [9.17, 15) is 9.18 Å². The molecule has 36 heavy (non-hydrogen) atoms. The maximum atomic E-state index is 14.4. The standard InChI is InChI=1S/C27H33FN6O2/c1-26(2,3)36-25(35)34-11-10-27(8-6-5-7-9-27)19(15-34)22-20(17-12-18(28)14-30-13-17)21-23(29)31-16-32-24(21)33(22)4/h5-6,12-14,16,19H,7-11,15H2,1-4H3,(H2,29,31,32). The Morgan fingerprint density at radius 1 is 1.22 bits per heavy atom. The van der Waals surface area contributed by atoms with E-state index in [1.165, 1.54) is 18.6 Å². The van der Waals surface area contributed by atoms with E-state index in [0.717, 1.165) is 36.9 Å². The molecule has 8 nitrogen and oxygen atoms in total. The molecule has 5 rings (SSSR count). The fourth-order valence-corrected chi connectivity index (χ4v) is 5.90. The number of carbonyl (C=O) groups is 1. The van der Waals surface area contributed by atoms with Crippen molar-refractivity contribution in [3.8, 4) is 11.1 Å². The Kier molecular flexibility index (Phi) is 5.97. The number of fused-ring (bicyclic) bond motifs is 1. The molecule has 4 heterocycles. The van der Waals surface area contributed by atoms with Crippen LogP contribution in [0.1, 0.15) is 58.1 Å². The van der Waals surface area contributed by atoms with Gasteiger partial charge in [-0.1, -0.05) is 12.2 Å². The fourth-order valence-electron chi connectivity index (χ4n) is 5.90. The molecule has 1 fully saturated rings. The number of nitrogen functional groups attached to an aromatic ring is 1. The monoisotopic (exact) mass is 492 g/mol. The van der Waals surface area contributed by atoms with Crippen LogP contribution >= 0.6 is 0 Å². The highest BCUT2D eigenvalue weighted by atomic mass is 19.1. The lowest BCUT2D eigenvalue weighted by Crippen LogP contribution is -2.50. The number of aryl methyl sites for hydroxylation is 1. The Hall–Kier alpha value is -3.49. The van der Waals surface area contributed by atoms with Crippen molar-refractivity contribution >= 4 is 22.9 Å². The maximum absolute atomic E-state index is 14.4. The number of anilines is 1. The summed E-state index contributed by atoms with van der Waals surface area (Å²) in [6.45, 7) is 6.73. The second kappa shape index (κ2) is 8.87. The van der Waals surface area contributed by atoms with Crippen molar-refractivity contribution in [2.75, 3.05) is 18.8 Å². The summed E-state index contributed by atoms with van der Waals surface area (Å²) in [5, 5.41) is 0.679. The largest absolute Gasteiger partial charge is 0.444 e. The zero-order valence-corrected chi connectivity index (χ0v) is 21.3. The molecule has 0 radical (unpaired) electrons. The summed E-state index contributed by atoms with van der Waals surface area (Å²) in [6.07, 6.45) is 12.2. The summed E-state index contributed by atoms with van der Waals surface area (Å²) in [5.74, 6) is -0.153. The van der Waals surface area contributed by atoms with Crippen LogP contribution in [0.4, 0.5) is 15.0 Å². The molecule has 3 aromatic heterocycles. The van der Waals surface area contributed by atoms with Crippen LogP contribution in [-0.2, 0) is 11.8 Å². The molecule has 3 aromatic rings. The number of carbonyl (C=O) groups excluding carboxylic acids is 1. The van der Waals surface area contributed by atoms with E-state index in [1.54, 1.807) is 11.1 Å². The lowest BCUT2D eigenvalue weighted by molar-refractivity contribution is 0.00134. The highest BCUT2D eigenvalue weighted by Gasteiger charge is 2.47. The topological polar surface area (TPSA) is 99.2 Å². The molecule has 0 aromatic carbocycles. The zero-order chi connectivity index (χ0) is 25.7. The average Bonchev–Trinajstić information content (AvgIpc) is 3.12. The van der Waals surface area contributed by atoms with E-state index in [0.29, 0.717) is 35.5 Å². The van der Waals surface area contributed by atoms with Crippen LogP contribution in [0, 0.1) is 11.2 Å². The summed E-state index contributed by atoms with van der Waals surface area (Å²) < 4.78 is 22.2. The van der Waals surface area contributed by atoms with Crippen LogP contribution in [-0.4, -0.2) is 49.2 Å². The van der Waals surface area contributed by atoms with Crippen molar-refractivity contribution < 1.29 is 13.9 Å². The number of nitrogens with zero attached hydrogens (tertiary/aromatic N) is 5. The van der Waals surface area contributed by atoms with Crippen molar-refractivity contribution in [2.45, 2.75) is 58.0 Å². The number of hydrogen-bond donors (Lipinski definition) is 1. The number of halogens is 1. The minimum atomic E-state index is -0.586. The van der Waals surface area contributed by atoms with E-state index in [4.69, 9.17) is 10.5 Å². The molecule has 1 aliphatic heterocycles. The van der Waals surface area contributed by atoms with Crippen LogP contribution in [0.5, 0.6) is 0 Å². The normalized spacial score (nSPS) is 22.4. The number of pyridine rings is 1. The minimum absolute atomic E-state index is 0.0550. The quantitative estimate of drug-likeness (QED) is 0.494. The van der Waals surface area contributed by atoms with Crippen molar-refractivity contribution in [1.29, 1.82) is 0 Å². The lowest BCUT2D eigenvalue weighted by atomic mass is 9.62. The molecule has 190 valence electrons. The van der Waals surface area contributed by atoms with E-state index >= 15 is 0 Å². The number of likely N-dealkylation sites (tertiary alicyclic amines) is 1. The first-order valence-electron chi connectivity index (χ1n) is 12.4. The number of rotatable bonds is 2. The van der Waals surface area contributed by atoms with E-state index in [-0.39, 0.29) is 17.4 Å². The summed E-state index contributed by atoms with van der Waals surface area (Å²) in [4.78, 5) is 27.9. The fraction of sp³-hybridized carbons (Fsp3) is 0.481. The summed E-state index contributed by atoms with van der Waals surface area (Å²) >= 11 is 0. The third kappa shape index (κ3) is 4.20. The smallest absolute Gasteiger partial charge is 0.410 e. The SMILES string of the molecule is Cn1c(C2CN(C(=O)OC(C)(C)C)CCC23CC=CCC3)c(-c2cncc(F)c2)c2c(N)ncnc21. The van der Waals surface area contributed by atoms with Crippen molar-refractivity contribution in [3.05, 3.63) is 48.5 Å². The van der Waals surface area contributed by atoms with Gasteiger partial charge in [0, 0.05) is 49.1 Å². The van der Waals surface area contributed by atoms with E-state index in [2.05, 4.69) is 27.1 Å². The molecule has 2 aliphatic rings. The Bertz CT molecular complexity index is 1340. The first kappa shape index (κ1) is 24.2. The van der Waals surface area contributed by atoms with Crippen LogP contribution in [0.15, 0.2) is 36.9 Å². The molecule has 1 spiro atoms. The third-order valence-electron chi connectivity index (χ3n) is 7.54. The number of amides is 1. The number of nitrogens with two attached hydrogens (primary N) is 1. The minimum Gasteiger partial charge on any atom is -0.444 e. The molecule has 1 amide bonds. The van der Waals surface area contributed by atoms with Gasteiger partial charge in [0.1, 0.15) is 29.2 Å². The van der Waals surface area contributed by atoms with Gasteiger partial charge in [-0.25, -0.2) is 19.2 Å². The maximum Gasteiger partial charge on any atom is 0.410 e. The molecule has 0 bridgehead atoms. The average molecular weight is 493 g/mol. The Morgan fingerprint density at radius 2 is 2.03 bits per heavy atom. The Morgan fingerprint density at radius 3 is 2.72 bits per heavy atom. The highest BCUT2D eigenvalue weighted by molar-refractivity contribution is 6.02. The molecule has 1 aliphatic carbocycles. The van der Waals surface area contributed by atoms with Gasteiger partial charge in [0.25, 0.3) is 0 Å². The molecule has 0 saturated carbocycles. The van der Waals surface area contributed by atoms with Gasteiger partial charge in [-0.2, -0.15) is 0 Å². The van der Waals surface area contributed by atoms with Crippen molar-refractivity contribution in [2.24, 2.45) is 12.5 Å². The molecule has 2 N–H and O–H groups in total. The van der Waals surface area contributed by atoms with Gasteiger partial charge in [-0.15, -0.1) is 0 Å². The van der Waals surface area contributed by atoms with Gasteiger partial charge in [0.15, 0.2) is 0 Å². The number of ether oxygens (including phenoxy) is 1. The summed E-state index contributed by atoms with van der Waals surface area (Å²) in [7, 11) is 1.96. The van der Waals surface area contributed by atoms with Gasteiger partial charge in [0.2, 0.25) is 0 Å². The van der Waals surface area contributed by atoms with E-state index < -0.39 is 11.4 Å². The molecule has 2 unspecified atom stereocenters. The van der Waals surface area contributed by atoms with Gasteiger partial charge >= 0.3 is 6.09 Å². The van der Waals surface area contributed by atoms with Gasteiger partial charge in [-0.3, -0.25) is 4.98 Å². The van der Waals surface area contributed by atoms with Gasteiger partial charge < -0.3 is 19.9 Å². The predicted octanol–water partition coefficient (Wildman–Crippen LogP) is 5.20. The molecule has 1 saturated heterocycles.